The fraction of sp³-hybridized carbons (Fsp3) is 0.957. The van der Waals surface area contributed by atoms with E-state index >= 15 is 0 Å². The van der Waals surface area contributed by atoms with Crippen molar-refractivity contribution in [2.45, 2.75) is 112 Å². The summed E-state index contributed by atoms with van der Waals surface area (Å²) in [7, 11) is 0. The van der Waals surface area contributed by atoms with Crippen molar-refractivity contribution in [1.29, 1.82) is 0 Å². The van der Waals surface area contributed by atoms with Crippen LogP contribution in [0.4, 0.5) is 0 Å². The Labute approximate surface area is 228 Å². The number of aliphatic carboxylic acids is 1. The van der Waals surface area contributed by atoms with E-state index in [4.69, 9.17) is 23.7 Å². The molecule has 0 radical (unpaired) electrons. The smallest absolute Gasteiger partial charge is 0.364 e. The fourth-order valence-electron chi connectivity index (χ4n) is 5.15. The first kappa shape index (κ1) is 33.4. The van der Waals surface area contributed by atoms with Gasteiger partial charge in [0.2, 0.25) is 0 Å². The third-order valence-electron chi connectivity index (χ3n) is 7.72. The Morgan fingerprint density at radius 2 is 1.52 bits per heavy atom. The lowest BCUT2D eigenvalue weighted by molar-refractivity contribution is -0.383. The van der Waals surface area contributed by atoms with Crippen LogP contribution < -0.4 is 0 Å². The lowest BCUT2D eigenvalue weighted by Gasteiger charge is -2.50. The van der Waals surface area contributed by atoms with E-state index in [2.05, 4.69) is 0 Å². The van der Waals surface area contributed by atoms with Crippen LogP contribution >= 0.6 is 0 Å². The number of carboxylic acids is 1. The molecule has 3 aliphatic rings. The first-order valence-corrected chi connectivity index (χ1v) is 12.9. The maximum atomic E-state index is 12.4. The molecule has 3 rings (SSSR count). The van der Waals surface area contributed by atoms with Gasteiger partial charge in [0.25, 0.3) is 5.79 Å². The van der Waals surface area contributed by atoms with E-state index < -0.39 is 130 Å². The zero-order chi connectivity index (χ0) is 30.1. The molecule has 3 aliphatic heterocycles. The van der Waals surface area contributed by atoms with Crippen molar-refractivity contribution in [3.8, 4) is 0 Å². The lowest BCUT2D eigenvalue weighted by atomic mass is 9.84. The minimum Gasteiger partial charge on any atom is -0.477 e. The van der Waals surface area contributed by atoms with Crippen LogP contribution in [0.3, 0.4) is 0 Å². The lowest BCUT2D eigenvalue weighted by Crippen LogP contribution is -2.68. The summed E-state index contributed by atoms with van der Waals surface area (Å²) >= 11 is 0. The Kier molecular flexibility index (Phi) is 11.2. The summed E-state index contributed by atoms with van der Waals surface area (Å²) < 4.78 is 27.6. The Bertz CT molecular complexity index is 831. The largest absolute Gasteiger partial charge is 0.477 e. The van der Waals surface area contributed by atoms with Gasteiger partial charge in [0.05, 0.1) is 38.1 Å². The van der Waals surface area contributed by atoms with E-state index in [0.717, 1.165) is 0 Å². The van der Waals surface area contributed by atoms with Gasteiger partial charge in [-0.2, -0.15) is 0 Å². The van der Waals surface area contributed by atoms with Crippen molar-refractivity contribution in [3.63, 3.8) is 0 Å². The number of carbonyl (C=O) groups is 1. The highest BCUT2D eigenvalue weighted by Gasteiger charge is 2.59. The molecule has 0 aromatic carbocycles. The van der Waals surface area contributed by atoms with Crippen LogP contribution in [0, 0.1) is 5.92 Å². The van der Waals surface area contributed by atoms with Crippen molar-refractivity contribution < 1.29 is 84.7 Å². The van der Waals surface area contributed by atoms with E-state index in [0.29, 0.717) is 0 Å². The van der Waals surface area contributed by atoms with Crippen molar-refractivity contribution in [1.82, 2.24) is 0 Å². The number of aliphatic hydroxyl groups is 10. The molecule has 16 atom stereocenters. The van der Waals surface area contributed by atoms with Crippen LogP contribution in [0.1, 0.15) is 20.3 Å². The highest BCUT2D eigenvalue weighted by Crippen LogP contribution is 2.40. The molecule has 17 nitrogen and oxygen atoms in total. The first-order valence-electron chi connectivity index (χ1n) is 12.9. The van der Waals surface area contributed by atoms with Crippen LogP contribution in [-0.2, 0) is 28.5 Å². The molecule has 0 aromatic rings. The predicted octanol–water partition coefficient (Wildman–Crippen LogP) is -6.02. The van der Waals surface area contributed by atoms with E-state index in [1.165, 1.54) is 13.8 Å². The number of rotatable bonds is 10. The molecule has 3 heterocycles. The molecule has 3 saturated heterocycles. The summed E-state index contributed by atoms with van der Waals surface area (Å²) in [6.07, 6.45) is -23.5. The standard InChI is InChI=1S/C23H40O17/c1-7-9(27)3-23(22(34)35,39-18(7)14(30)10(28)4-24)40-20-15(31)11(5-25)37-21(17(20)33)38-19-12(6-26)36-8(2)13(29)16(19)32/h7-21,24-33H,3-6H2,1-2H3,(H,34,35)/t7-,8+,9-,10-,11?,12?,13?,14-,15+,16-,17?,18?,19-,20+,21+,23+/m1/s1. The molecule has 0 saturated carbocycles. The summed E-state index contributed by atoms with van der Waals surface area (Å²) in [6, 6.07) is 0. The maximum absolute atomic E-state index is 12.4. The van der Waals surface area contributed by atoms with E-state index in [9.17, 15) is 61.0 Å². The van der Waals surface area contributed by atoms with Gasteiger partial charge in [0.15, 0.2) is 6.29 Å². The van der Waals surface area contributed by atoms with E-state index in [1.54, 1.807) is 0 Å². The molecular weight excluding hydrogens is 548 g/mol. The van der Waals surface area contributed by atoms with Crippen molar-refractivity contribution >= 4 is 5.97 Å². The zero-order valence-electron chi connectivity index (χ0n) is 21.9. The van der Waals surface area contributed by atoms with Gasteiger partial charge in [0.1, 0.15) is 61.0 Å². The number of carboxylic acid groups (broad SMARTS) is 1. The van der Waals surface area contributed by atoms with E-state index in [-0.39, 0.29) is 0 Å². The molecule has 17 heteroatoms. The normalized spacial score (nSPS) is 48.0. The van der Waals surface area contributed by atoms with Crippen LogP contribution in [0.2, 0.25) is 0 Å². The quantitative estimate of drug-likeness (QED) is 0.113. The second kappa shape index (κ2) is 13.4. The summed E-state index contributed by atoms with van der Waals surface area (Å²) in [5.41, 5.74) is 0. The van der Waals surface area contributed by atoms with Crippen LogP contribution in [0.5, 0.6) is 0 Å². The second-order valence-electron chi connectivity index (χ2n) is 10.4. The Morgan fingerprint density at radius 1 is 0.900 bits per heavy atom. The molecule has 0 amide bonds. The Balaban J connectivity index is 1.90. The molecule has 234 valence electrons. The number of aliphatic hydroxyl groups excluding tert-OH is 10. The molecule has 0 aromatic heterocycles. The summed E-state index contributed by atoms with van der Waals surface area (Å²) in [5.74, 6) is -5.63. The highest BCUT2D eigenvalue weighted by atomic mass is 16.8. The summed E-state index contributed by atoms with van der Waals surface area (Å²) in [6.45, 7) is 0.352. The molecule has 40 heavy (non-hydrogen) atoms. The van der Waals surface area contributed by atoms with E-state index in [1.807, 2.05) is 0 Å². The van der Waals surface area contributed by atoms with Gasteiger partial charge in [-0.05, 0) is 6.92 Å². The maximum Gasteiger partial charge on any atom is 0.364 e. The minimum atomic E-state index is -2.83. The first-order chi connectivity index (χ1) is 18.7. The SMILES string of the molecule is C[C@@H]1OC(CO)[C@@H](O[C@@H]2OC(CO)[C@H](O)[C@H](O[C@]3(C(=O)O)C[C@@H](O)[C@@H](C)C([C@H](O)[C@H](O)CO)O3)C2O)[C@H](O)C1O. The molecule has 11 N–H and O–H groups in total. The van der Waals surface area contributed by atoms with Gasteiger partial charge in [0, 0.05) is 12.3 Å². The summed E-state index contributed by atoms with van der Waals surface area (Å²) in [4.78, 5) is 12.4. The van der Waals surface area contributed by atoms with Gasteiger partial charge in [-0.25, -0.2) is 4.79 Å². The van der Waals surface area contributed by atoms with Gasteiger partial charge in [-0.1, -0.05) is 6.92 Å². The molecule has 5 unspecified atom stereocenters. The highest BCUT2D eigenvalue weighted by molar-refractivity contribution is 5.76. The average molecular weight is 589 g/mol. The number of hydrogen-bond donors (Lipinski definition) is 11. The van der Waals surface area contributed by atoms with Crippen LogP contribution in [0.15, 0.2) is 0 Å². The van der Waals surface area contributed by atoms with Gasteiger partial charge in [-0.15, -0.1) is 0 Å². The average Bonchev–Trinajstić information content (AvgIpc) is 2.93. The third-order valence-corrected chi connectivity index (χ3v) is 7.72. The van der Waals surface area contributed by atoms with Crippen LogP contribution in [-0.4, -0.2) is 173 Å². The topological polar surface area (TPSA) is 286 Å². The van der Waals surface area contributed by atoms with Gasteiger partial charge < -0.3 is 79.9 Å². The Hall–Kier alpha value is -1.13. The molecule has 0 bridgehead atoms. The van der Waals surface area contributed by atoms with Gasteiger partial charge >= 0.3 is 5.97 Å². The van der Waals surface area contributed by atoms with Crippen molar-refractivity contribution in [2.24, 2.45) is 5.92 Å². The molecule has 0 aliphatic carbocycles. The molecule has 3 fully saturated rings. The number of ether oxygens (including phenoxy) is 5. The minimum absolute atomic E-state index is 0.678. The predicted molar refractivity (Wildman–Crippen MR) is 125 cm³/mol. The molecular formula is C23H40O17. The van der Waals surface area contributed by atoms with Gasteiger partial charge in [-0.3, -0.25) is 0 Å². The third kappa shape index (κ3) is 6.43. The van der Waals surface area contributed by atoms with Crippen LogP contribution in [0.25, 0.3) is 0 Å². The monoisotopic (exact) mass is 588 g/mol. The number of hydrogen-bond acceptors (Lipinski definition) is 16. The Morgan fingerprint density at radius 3 is 2.08 bits per heavy atom. The fourth-order valence-corrected chi connectivity index (χ4v) is 5.15. The molecule has 0 spiro atoms. The van der Waals surface area contributed by atoms with Crippen molar-refractivity contribution in [2.75, 3.05) is 19.8 Å². The van der Waals surface area contributed by atoms with Crippen molar-refractivity contribution in [3.05, 3.63) is 0 Å². The zero-order valence-corrected chi connectivity index (χ0v) is 21.9. The summed E-state index contributed by atoms with van der Waals surface area (Å²) in [5, 5.41) is 112. The second-order valence-corrected chi connectivity index (χ2v) is 10.4.